The van der Waals surface area contributed by atoms with Gasteiger partial charge in [0.05, 0.1) is 10.7 Å². The van der Waals surface area contributed by atoms with Gasteiger partial charge in [0.25, 0.3) is 0 Å². The molecule has 1 unspecified atom stereocenters. The van der Waals surface area contributed by atoms with E-state index >= 15 is 0 Å². The van der Waals surface area contributed by atoms with Crippen molar-refractivity contribution >= 4 is 17.3 Å². The minimum absolute atomic E-state index is 0.0623. The number of anilines is 1. The van der Waals surface area contributed by atoms with E-state index in [0.717, 1.165) is 5.56 Å². The number of aryl methyl sites for hydroxylation is 1. The van der Waals surface area contributed by atoms with Crippen LogP contribution in [0.4, 0.5) is 14.5 Å². The molecule has 0 aliphatic heterocycles. The number of halogens is 3. The summed E-state index contributed by atoms with van der Waals surface area (Å²) < 4.78 is 27.3. The van der Waals surface area contributed by atoms with Crippen molar-refractivity contribution in [2.45, 2.75) is 19.9 Å². The molecular weight excluding hydrogens is 268 g/mol. The van der Waals surface area contributed by atoms with E-state index in [4.69, 9.17) is 11.6 Å². The van der Waals surface area contributed by atoms with Gasteiger partial charge in [-0.2, -0.15) is 0 Å². The highest BCUT2D eigenvalue weighted by Crippen LogP contribution is 2.26. The third-order valence-corrected chi connectivity index (χ3v) is 3.31. The summed E-state index contributed by atoms with van der Waals surface area (Å²) in [6.45, 7) is 3.54. The Kier molecular flexibility index (Phi) is 4.05. The maximum atomic E-state index is 13.8. The molecule has 2 aromatic rings. The monoisotopic (exact) mass is 281 g/mol. The number of benzene rings is 2. The van der Waals surface area contributed by atoms with Crippen LogP contribution in [0.25, 0.3) is 0 Å². The SMILES string of the molecule is Cc1ccc(C(C)Nc2cccc(Cl)c2F)cc1F. The number of rotatable bonds is 3. The topological polar surface area (TPSA) is 12.0 Å². The Hall–Kier alpha value is -1.61. The van der Waals surface area contributed by atoms with Crippen molar-refractivity contribution in [3.8, 4) is 0 Å². The van der Waals surface area contributed by atoms with Gasteiger partial charge in [-0.25, -0.2) is 8.78 Å². The lowest BCUT2D eigenvalue weighted by Crippen LogP contribution is -2.08. The number of nitrogens with one attached hydrogen (secondary N) is 1. The third-order valence-electron chi connectivity index (χ3n) is 3.02. The summed E-state index contributed by atoms with van der Waals surface area (Å²) in [5, 5.41) is 3.05. The lowest BCUT2D eigenvalue weighted by Gasteiger charge is -2.17. The van der Waals surface area contributed by atoms with Gasteiger partial charge in [-0.1, -0.05) is 29.8 Å². The molecule has 0 amide bonds. The van der Waals surface area contributed by atoms with Crippen molar-refractivity contribution in [3.05, 3.63) is 64.2 Å². The first-order valence-corrected chi connectivity index (χ1v) is 6.33. The summed E-state index contributed by atoms with van der Waals surface area (Å²) in [4.78, 5) is 0. The van der Waals surface area contributed by atoms with Crippen molar-refractivity contribution in [2.24, 2.45) is 0 Å². The number of hydrogen-bond donors (Lipinski definition) is 1. The van der Waals surface area contributed by atoms with Crippen LogP contribution in [-0.4, -0.2) is 0 Å². The Morgan fingerprint density at radius 1 is 1.16 bits per heavy atom. The summed E-state index contributed by atoms with van der Waals surface area (Å²) in [5.41, 5.74) is 1.65. The van der Waals surface area contributed by atoms with Crippen LogP contribution in [0.5, 0.6) is 0 Å². The molecule has 0 saturated heterocycles. The highest BCUT2D eigenvalue weighted by molar-refractivity contribution is 6.31. The molecule has 1 N–H and O–H groups in total. The van der Waals surface area contributed by atoms with E-state index in [1.165, 1.54) is 12.1 Å². The molecule has 0 bridgehead atoms. The van der Waals surface area contributed by atoms with Gasteiger partial charge in [-0.15, -0.1) is 0 Å². The van der Waals surface area contributed by atoms with Gasteiger partial charge in [-0.3, -0.25) is 0 Å². The Morgan fingerprint density at radius 3 is 2.58 bits per heavy atom. The Bertz CT molecular complexity index is 599. The van der Waals surface area contributed by atoms with Crippen LogP contribution in [0.2, 0.25) is 5.02 Å². The molecule has 4 heteroatoms. The quantitative estimate of drug-likeness (QED) is 0.825. The molecule has 0 saturated carbocycles. The first-order valence-electron chi connectivity index (χ1n) is 5.95. The van der Waals surface area contributed by atoms with E-state index in [9.17, 15) is 8.78 Å². The molecule has 0 aromatic heterocycles. The molecule has 19 heavy (non-hydrogen) atoms. The van der Waals surface area contributed by atoms with Crippen LogP contribution >= 0.6 is 11.6 Å². The van der Waals surface area contributed by atoms with Crippen molar-refractivity contribution in [2.75, 3.05) is 5.32 Å². The lowest BCUT2D eigenvalue weighted by atomic mass is 10.1. The summed E-state index contributed by atoms with van der Waals surface area (Å²) >= 11 is 5.71. The minimum Gasteiger partial charge on any atom is -0.376 e. The molecule has 0 spiro atoms. The fourth-order valence-corrected chi connectivity index (χ4v) is 1.98. The molecule has 1 atom stereocenters. The first-order chi connectivity index (χ1) is 8.99. The predicted molar refractivity (Wildman–Crippen MR) is 74.6 cm³/mol. The van der Waals surface area contributed by atoms with Crippen LogP contribution in [0.1, 0.15) is 24.1 Å². The predicted octanol–water partition coefficient (Wildman–Crippen LogP) is 5.10. The fraction of sp³-hybridized carbons (Fsp3) is 0.200. The molecule has 2 rings (SSSR count). The molecule has 0 fully saturated rings. The first kappa shape index (κ1) is 13.8. The van der Waals surface area contributed by atoms with Gasteiger partial charge >= 0.3 is 0 Å². The molecule has 0 aliphatic carbocycles. The van der Waals surface area contributed by atoms with E-state index in [1.807, 2.05) is 13.0 Å². The van der Waals surface area contributed by atoms with Gasteiger partial charge in [0, 0.05) is 6.04 Å². The van der Waals surface area contributed by atoms with Crippen LogP contribution in [-0.2, 0) is 0 Å². The molecule has 1 nitrogen and oxygen atoms in total. The minimum atomic E-state index is -0.497. The van der Waals surface area contributed by atoms with E-state index < -0.39 is 5.82 Å². The average Bonchev–Trinajstić information content (AvgIpc) is 2.38. The van der Waals surface area contributed by atoms with Crippen LogP contribution in [0.3, 0.4) is 0 Å². The van der Waals surface area contributed by atoms with E-state index in [2.05, 4.69) is 5.32 Å². The summed E-state index contributed by atoms with van der Waals surface area (Å²) in [6, 6.07) is 9.50. The van der Waals surface area contributed by atoms with Gasteiger partial charge in [0.1, 0.15) is 5.82 Å². The van der Waals surface area contributed by atoms with Crippen molar-refractivity contribution in [1.82, 2.24) is 0 Å². The van der Waals surface area contributed by atoms with E-state index in [1.54, 1.807) is 25.1 Å². The van der Waals surface area contributed by atoms with Crippen molar-refractivity contribution in [1.29, 1.82) is 0 Å². The highest BCUT2D eigenvalue weighted by Gasteiger charge is 2.11. The second kappa shape index (κ2) is 5.57. The van der Waals surface area contributed by atoms with Gasteiger partial charge in [0.2, 0.25) is 0 Å². The lowest BCUT2D eigenvalue weighted by molar-refractivity contribution is 0.613. The second-order valence-electron chi connectivity index (χ2n) is 4.48. The summed E-state index contributed by atoms with van der Waals surface area (Å²) in [7, 11) is 0. The fourth-order valence-electron chi connectivity index (χ4n) is 1.81. The van der Waals surface area contributed by atoms with Gasteiger partial charge < -0.3 is 5.32 Å². The Balaban J connectivity index is 2.23. The Morgan fingerprint density at radius 2 is 1.89 bits per heavy atom. The van der Waals surface area contributed by atoms with Crippen LogP contribution < -0.4 is 5.32 Å². The average molecular weight is 282 g/mol. The number of hydrogen-bond acceptors (Lipinski definition) is 1. The van der Waals surface area contributed by atoms with E-state index in [-0.39, 0.29) is 16.9 Å². The molecule has 0 aliphatic rings. The zero-order valence-corrected chi connectivity index (χ0v) is 11.4. The normalized spacial score (nSPS) is 12.3. The summed E-state index contributed by atoms with van der Waals surface area (Å²) in [6.07, 6.45) is 0. The second-order valence-corrected chi connectivity index (χ2v) is 4.88. The largest absolute Gasteiger partial charge is 0.376 e. The molecule has 0 heterocycles. The standard InChI is InChI=1S/C15H14ClF2N/c1-9-6-7-11(8-13(9)17)10(2)19-14-5-3-4-12(16)15(14)18/h3-8,10,19H,1-2H3. The summed E-state index contributed by atoms with van der Waals surface area (Å²) in [5.74, 6) is -0.763. The maximum Gasteiger partial charge on any atom is 0.164 e. The van der Waals surface area contributed by atoms with Crippen LogP contribution in [0, 0.1) is 18.6 Å². The van der Waals surface area contributed by atoms with Crippen molar-refractivity contribution in [3.63, 3.8) is 0 Å². The van der Waals surface area contributed by atoms with Gasteiger partial charge in [0.15, 0.2) is 5.82 Å². The zero-order valence-electron chi connectivity index (χ0n) is 10.7. The molecule has 0 radical (unpaired) electrons. The molecular formula is C15H14ClF2N. The zero-order chi connectivity index (χ0) is 14.0. The van der Waals surface area contributed by atoms with Crippen molar-refractivity contribution < 1.29 is 8.78 Å². The Labute approximate surface area is 116 Å². The third kappa shape index (κ3) is 3.04. The smallest absolute Gasteiger partial charge is 0.164 e. The highest BCUT2D eigenvalue weighted by atomic mass is 35.5. The molecule has 2 aromatic carbocycles. The van der Waals surface area contributed by atoms with Crippen LogP contribution in [0.15, 0.2) is 36.4 Å². The van der Waals surface area contributed by atoms with E-state index in [0.29, 0.717) is 11.3 Å². The maximum absolute atomic E-state index is 13.8. The molecule has 100 valence electrons. The van der Waals surface area contributed by atoms with Gasteiger partial charge in [-0.05, 0) is 43.2 Å².